The number of rotatable bonds is 4. The van der Waals surface area contributed by atoms with Crippen molar-refractivity contribution in [2.75, 3.05) is 31.1 Å². The molecule has 8 heteroatoms. The molecule has 0 amide bonds. The standard InChI is InChI=1S/C15H17F3N4O/c1-10-8-14(21-6-4-19-5-7-21)20-22(10)11-2-3-12(16)13(9-11)23-15(17)18/h2-3,8-9,15,19H,4-7H2,1H3. The lowest BCUT2D eigenvalue weighted by Gasteiger charge is -2.27. The number of hydrogen-bond acceptors (Lipinski definition) is 4. The Hall–Kier alpha value is -2.22. The number of alkyl halides is 2. The number of halogens is 3. The zero-order valence-corrected chi connectivity index (χ0v) is 12.6. The molecule has 0 radical (unpaired) electrons. The molecule has 1 fully saturated rings. The first-order chi connectivity index (χ1) is 11.0. The van der Waals surface area contributed by atoms with Crippen LogP contribution < -0.4 is 15.0 Å². The number of anilines is 1. The van der Waals surface area contributed by atoms with Crippen molar-refractivity contribution in [3.8, 4) is 11.4 Å². The highest BCUT2D eigenvalue weighted by Crippen LogP contribution is 2.25. The molecule has 1 aliphatic rings. The zero-order valence-electron chi connectivity index (χ0n) is 12.6. The number of nitrogens with one attached hydrogen (secondary N) is 1. The molecule has 2 heterocycles. The fourth-order valence-corrected chi connectivity index (χ4v) is 2.58. The molecule has 1 aromatic carbocycles. The summed E-state index contributed by atoms with van der Waals surface area (Å²) in [6.45, 7) is 2.24. The monoisotopic (exact) mass is 326 g/mol. The van der Waals surface area contributed by atoms with Crippen molar-refractivity contribution in [3.63, 3.8) is 0 Å². The largest absolute Gasteiger partial charge is 0.432 e. The van der Waals surface area contributed by atoms with Gasteiger partial charge in [-0.2, -0.15) is 13.9 Å². The van der Waals surface area contributed by atoms with Gasteiger partial charge in [0.05, 0.1) is 5.69 Å². The van der Waals surface area contributed by atoms with Gasteiger partial charge in [-0.1, -0.05) is 0 Å². The van der Waals surface area contributed by atoms with Crippen molar-refractivity contribution in [2.24, 2.45) is 0 Å². The number of hydrogen-bond donors (Lipinski definition) is 1. The van der Waals surface area contributed by atoms with Gasteiger partial charge in [0.2, 0.25) is 0 Å². The molecule has 1 saturated heterocycles. The van der Waals surface area contributed by atoms with Gasteiger partial charge in [-0.15, -0.1) is 0 Å². The Morgan fingerprint density at radius 2 is 1.96 bits per heavy atom. The second-order valence-electron chi connectivity index (χ2n) is 5.29. The molecule has 23 heavy (non-hydrogen) atoms. The maximum Gasteiger partial charge on any atom is 0.387 e. The molecule has 2 aromatic rings. The first kappa shape index (κ1) is 15.7. The van der Waals surface area contributed by atoms with E-state index >= 15 is 0 Å². The van der Waals surface area contributed by atoms with E-state index in [1.807, 2.05) is 13.0 Å². The van der Waals surface area contributed by atoms with Crippen LogP contribution in [0.4, 0.5) is 19.0 Å². The molecule has 1 N–H and O–H groups in total. The van der Waals surface area contributed by atoms with Crippen LogP contribution in [0.3, 0.4) is 0 Å². The van der Waals surface area contributed by atoms with Gasteiger partial charge in [0, 0.05) is 44.0 Å². The van der Waals surface area contributed by atoms with Crippen LogP contribution in [0, 0.1) is 12.7 Å². The summed E-state index contributed by atoms with van der Waals surface area (Å²) in [6, 6.07) is 5.72. The lowest BCUT2D eigenvalue weighted by molar-refractivity contribution is -0.0521. The molecule has 0 spiro atoms. The summed E-state index contributed by atoms with van der Waals surface area (Å²) >= 11 is 0. The van der Waals surface area contributed by atoms with Gasteiger partial charge in [0.1, 0.15) is 0 Å². The lowest BCUT2D eigenvalue weighted by atomic mass is 10.3. The summed E-state index contributed by atoms with van der Waals surface area (Å²) in [5, 5.41) is 7.77. The van der Waals surface area contributed by atoms with Crippen molar-refractivity contribution in [1.29, 1.82) is 0 Å². The molecular formula is C15H17F3N4O. The van der Waals surface area contributed by atoms with Crippen molar-refractivity contribution < 1.29 is 17.9 Å². The van der Waals surface area contributed by atoms with Crippen LogP contribution in [0.15, 0.2) is 24.3 Å². The van der Waals surface area contributed by atoms with Crippen molar-refractivity contribution in [3.05, 3.63) is 35.8 Å². The van der Waals surface area contributed by atoms with E-state index < -0.39 is 18.2 Å². The Bertz CT molecular complexity index is 683. The third kappa shape index (κ3) is 3.42. The number of nitrogens with zero attached hydrogens (tertiary/aromatic N) is 3. The van der Waals surface area contributed by atoms with Gasteiger partial charge >= 0.3 is 6.61 Å². The second kappa shape index (κ2) is 6.49. The van der Waals surface area contributed by atoms with Crippen LogP contribution in [0.1, 0.15) is 5.69 Å². The molecule has 0 aliphatic carbocycles. The molecule has 0 atom stereocenters. The van der Waals surface area contributed by atoms with E-state index in [0.717, 1.165) is 43.8 Å². The molecule has 1 aliphatic heterocycles. The third-order valence-electron chi connectivity index (χ3n) is 3.69. The minimum absolute atomic E-state index is 0.473. The predicted octanol–water partition coefficient (Wildman–Crippen LogP) is 2.33. The highest BCUT2D eigenvalue weighted by atomic mass is 19.3. The smallest absolute Gasteiger partial charge is 0.387 e. The third-order valence-corrected chi connectivity index (χ3v) is 3.69. The highest BCUT2D eigenvalue weighted by molar-refractivity contribution is 5.46. The van der Waals surface area contributed by atoms with E-state index in [-0.39, 0.29) is 0 Å². The minimum Gasteiger partial charge on any atom is -0.432 e. The minimum atomic E-state index is -3.07. The molecule has 0 unspecified atom stereocenters. The SMILES string of the molecule is Cc1cc(N2CCNCC2)nn1-c1ccc(F)c(OC(F)F)c1. The molecule has 0 bridgehead atoms. The summed E-state index contributed by atoms with van der Waals surface area (Å²) in [5.74, 6) is -0.512. The molecule has 3 rings (SSSR count). The summed E-state index contributed by atoms with van der Waals surface area (Å²) in [5.41, 5.74) is 1.30. The molecule has 5 nitrogen and oxygen atoms in total. The van der Waals surface area contributed by atoms with E-state index in [0.29, 0.717) is 5.69 Å². The Kier molecular flexibility index (Phi) is 4.42. The number of piperazine rings is 1. The van der Waals surface area contributed by atoms with Gasteiger partial charge in [-0.3, -0.25) is 0 Å². The maximum absolute atomic E-state index is 13.5. The number of benzene rings is 1. The Labute approximate surface area is 131 Å². The predicted molar refractivity (Wildman–Crippen MR) is 80.0 cm³/mol. The average Bonchev–Trinajstić information content (AvgIpc) is 2.92. The van der Waals surface area contributed by atoms with Gasteiger partial charge in [0.15, 0.2) is 17.4 Å². The molecular weight excluding hydrogens is 309 g/mol. The summed E-state index contributed by atoms with van der Waals surface area (Å²) in [4.78, 5) is 2.14. The van der Waals surface area contributed by atoms with E-state index in [4.69, 9.17) is 0 Å². The number of ether oxygens (including phenoxy) is 1. The zero-order chi connectivity index (χ0) is 16.4. The summed E-state index contributed by atoms with van der Waals surface area (Å²) in [6.07, 6.45) is 0. The Balaban J connectivity index is 1.90. The van der Waals surface area contributed by atoms with Crippen LogP contribution in [0.2, 0.25) is 0 Å². The first-order valence-electron chi connectivity index (χ1n) is 7.31. The number of aromatic nitrogens is 2. The van der Waals surface area contributed by atoms with Crippen LogP contribution >= 0.6 is 0 Å². The Morgan fingerprint density at radius 1 is 1.22 bits per heavy atom. The van der Waals surface area contributed by atoms with Crippen LogP contribution in [-0.4, -0.2) is 42.6 Å². The fraction of sp³-hybridized carbons (Fsp3) is 0.400. The van der Waals surface area contributed by atoms with Crippen molar-refractivity contribution in [2.45, 2.75) is 13.5 Å². The van der Waals surface area contributed by atoms with E-state index in [1.165, 1.54) is 12.1 Å². The first-order valence-corrected chi connectivity index (χ1v) is 7.31. The molecule has 1 aromatic heterocycles. The van der Waals surface area contributed by atoms with Gasteiger partial charge in [0.25, 0.3) is 0 Å². The van der Waals surface area contributed by atoms with Gasteiger partial charge in [-0.25, -0.2) is 9.07 Å². The molecule has 0 saturated carbocycles. The lowest BCUT2D eigenvalue weighted by Crippen LogP contribution is -2.43. The maximum atomic E-state index is 13.5. The quantitative estimate of drug-likeness (QED) is 0.936. The normalized spacial score (nSPS) is 15.3. The average molecular weight is 326 g/mol. The summed E-state index contributed by atoms with van der Waals surface area (Å²) in [7, 11) is 0. The van der Waals surface area contributed by atoms with E-state index in [1.54, 1.807) is 4.68 Å². The topological polar surface area (TPSA) is 42.3 Å². The fourth-order valence-electron chi connectivity index (χ4n) is 2.58. The van der Waals surface area contributed by atoms with Gasteiger partial charge < -0.3 is 15.0 Å². The van der Waals surface area contributed by atoms with Crippen molar-refractivity contribution >= 4 is 5.82 Å². The van der Waals surface area contributed by atoms with Crippen LogP contribution in [-0.2, 0) is 0 Å². The highest BCUT2D eigenvalue weighted by Gasteiger charge is 2.17. The summed E-state index contributed by atoms with van der Waals surface area (Å²) < 4.78 is 44.0. The van der Waals surface area contributed by atoms with Crippen molar-refractivity contribution in [1.82, 2.24) is 15.1 Å². The van der Waals surface area contributed by atoms with Crippen LogP contribution in [0.5, 0.6) is 5.75 Å². The van der Waals surface area contributed by atoms with E-state index in [9.17, 15) is 13.2 Å². The van der Waals surface area contributed by atoms with Gasteiger partial charge in [-0.05, 0) is 19.1 Å². The second-order valence-corrected chi connectivity index (χ2v) is 5.29. The van der Waals surface area contributed by atoms with E-state index in [2.05, 4.69) is 20.1 Å². The Morgan fingerprint density at radius 3 is 2.65 bits per heavy atom. The van der Waals surface area contributed by atoms with Crippen LogP contribution in [0.25, 0.3) is 5.69 Å². The molecule has 124 valence electrons. The number of aryl methyl sites for hydroxylation is 1.